The Kier molecular flexibility index (Phi) is 5.58. The maximum absolute atomic E-state index is 14.1. The van der Waals surface area contributed by atoms with Crippen molar-refractivity contribution in [2.45, 2.75) is 43.9 Å². The van der Waals surface area contributed by atoms with E-state index in [0.29, 0.717) is 11.3 Å². The van der Waals surface area contributed by atoms with E-state index in [9.17, 15) is 27.5 Å². The summed E-state index contributed by atoms with van der Waals surface area (Å²) in [4.78, 5) is 13.4. The molecule has 1 unspecified atom stereocenters. The quantitative estimate of drug-likeness (QED) is 0.699. The number of rotatable bonds is 6. The molecule has 30 heavy (non-hydrogen) atoms. The molecular formula is C22H23F4NO3. The van der Waals surface area contributed by atoms with Gasteiger partial charge in [0.25, 0.3) is 0 Å². The van der Waals surface area contributed by atoms with Gasteiger partial charge in [-0.05, 0) is 41.7 Å². The van der Waals surface area contributed by atoms with Gasteiger partial charge in [0.05, 0.1) is 20.1 Å². The van der Waals surface area contributed by atoms with Gasteiger partial charge in [-0.1, -0.05) is 32.0 Å². The highest BCUT2D eigenvalue weighted by Gasteiger charge is 2.58. The Bertz CT molecular complexity index is 958. The van der Waals surface area contributed by atoms with Gasteiger partial charge in [-0.3, -0.25) is 4.79 Å². The first-order chi connectivity index (χ1) is 13.9. The maximum Gasteiger partial charge on any atom is 0.418 e. The normalized spacial score (nSPS) is 16.4. The van der Waals surface area contributed by atoms with Gasteiger partial charge in [-0.2, -0.15) is 13.2 Å². The number of hydrogen-bond acceptors (Lipinski definition) is 3. The predicted molar refractivity (Wildman–Crippen MR) is 104 cm³/mol. The molecule has 162 valence electrons. The fraction of sp³-hybridized carbons (Fsp3) is 0.409. The van der Waals surface area contributed by atoms with Crippen LogP contribution < -0.4 is 9.64 Å². The number of fused-ring (bicyclic) bond motifs is 1. The molecule has 0 bridgehead atoms. The molecule has 0 aromatic heterocycles. The number of carbonyl (C=O) groups excluding carboxylic acids is 1. The van der Waals surface area contributed by atoms with Crippen molar-refractivity contribution in [3.05, 3.63) is 59.4 Å². The third-order valence-corrected chi connectivity index (χ3v) is 5.50. The Morgan fingerprint density at radius 2 is 1.80 bits per heavy atom. The molecule has 2 aromatic carbocycles. The molecule has 1 atom stereocenters. The number of carbonyl (C=O) groups is 1. The third-order valence-electron chi connectivity index (χ3n) is 5.50. The molecule has 8 heteroatoms. The highest BCUT2D eigenvalue weighted by atomic mass is 19.4. The van der Waals surface area contributed by atoms with Crippen molar-refractivity contribution < 1.29 is 32.2 Å². The number of β-amino-alcohol motifs (C(OH)–C–C–N with tert-alkyl or cyclic N) is 1. The van der Waals surface area contributed by atoms with E-state index in [0.717, 1.165) is 17.0 Å². The van der Waals surface area contributed by atoms with Gasteiger partial charge >= 0.3 is 6.18 Å². The van der Waals surface area contributed by atoms with Crippen LogP contribution in [-0.2, 0) is 16.6 Å². The number of amides is 1. The molecule has 1 aliphatic rings. The average molecular weight is 425 g/mol. The lowest BCUT2D eigenvalue weighted by Gasteiger charge is -2.40. The van der Waals surface area contributed by atoms with Gasteiger partial charge in [-0.25, -0.2) is 4.39 Å². The zero-order chi connectivity index (χ0) is 22.3. The predicted octanol–water partition coefficient (Wildman–Crippen LogP) is 4.38. The second kappa shape index (κ2) is 7.58. The summed E-state index contributed by atoms with van der Waals surface area (Å²) in [6.07, 6.45) is -5.84. The van der Waals surface area contributed by atoms with E-state index >= 15 is 0 Å². The molecular weight excluding hydrogens is 402 g/mol. The fourth-order valence-electron chi connectivity index (χ4n) is 4.03. The Hall–Kier alpha value is -2.61. The van der Waals surface area contributed by atoms with Crippen molar-refractivity contribution in [2.75, 3.05) is 18.6 Å². The molecule has 3 rings (SSSR count). The molecule has 0 aliphatic carbocycles. The second-order valence-corrected chi connectivity index (χ2v) is 8.22. The second-order valence-electron chi connectivity index (χ2n) is 8.22. The summed E-state index contributed by atoms with van der Waals surface area (Å²) in [6.45, 7) is 1.99. The van der Waals surface area contributed by atoms with Crippen molar-refractivity contribution in [3.8, 4) is 5.75 Å². The molecule has 0 spiro atoms. The van der Waals surface area contributed by atoms with Crippen molar-refractivity contribution in [1.82, 2.24) is 0 Å². The number of para-hydroxylation sites is 1. The van der Waals surface area contributed by atoms with E-state index in [4.69, 9.17) is 4.74 Å². The van der Waals surface area contributed by atoms with Crippen molar-refractivity contribution >= 4 is 11.6 Å². The molecule has 1 N–H and O–H groups in total. The van der Waals surface area contributed by atoms with Gasteiger partial charge in [-0.15, -0.1) is 0 Å². The number of benzene rings is 2. The van der Waals surface area contributed by atoms with Crippen LogP contribution in [0.2, 0.25) is 0 Å². The Labute approximate surface area is 172 Å². The van der Waals surface area contributed by atoms with Crippen molar-refractivity contribution in [3.63, 3.8) is 0 Å². The summed E-state index contributed by atoms with van der Waals surface area (Å²) in [5, 5.41) is 10.8. The van der Waals surface area contributed by atoms with Crippen molar-refractivity contribution in [1.29, 1.82) is 0 Å². The van der Waals surface area contributed by atoms with E-state index in [-0.39, 0.29) is 17.7 Å². The van der Waals surface area contributed by atoms with Gasteiger partial charge in [0.2, 0.25) is 5.91 Å². The topological polar surface area (TPSA) is 49.8 Å². The summed E-state index contributed by atoms with van der Waals surface area (Å²) in [7, 11) is 1.34. The molecule has 4 nitrogen and oxygen atoms in total. The smallest absolute Gasteiger partial charge is 0.418 e. The number of ether oxygens (including phenoxy) is 1. The van der Waals surface area contributed by atoms with Crippen LogP contribution in [0.25, 0.3) is 0 Å². The summed E-state index contributed by atoms with van der Waals surface area (Å²) < 4.78 is 61.2. The van der Waals surface area contributed by atoms with Gasteiger partial charge < -0.3 is 14.7 Å². The number of nitrogens with zero attached hydrogens (tertiary/aromatic N) is 1. The highest BCUT2D eigenvalue weighted by Crippen LogP contribution is 2.45. The molecule has 1 aliphatic heterocycles. The zero-order valence-corrected chi connectivity index (χ0v) is 16.9. The van der Waals surface area contributed by atoms with Crippen LogP contribution >= 0.6 is 0 Å². The molecule has 0 radical (unpaired) electrons. The molecule has 0 saturated heterocycles. The minimum atomic E-state index is -5.03. The van der Waals surface area contributed by atoms with Crippen LogP contribution in [0.3, 0.4) is 0 Å². The molecule has 1 amide bonds. The maximum atomic E-state index is 14.1. The minimum absolute atomic E-state index is 0.0226. The lowest BCUT2D eigenvalue weighted by molar-refractivity contribution is -0.262. The number of methoxy groups -OCH3 is 1. The molecule has 1 heterocycles. The summed E-state index contributed by atoms with van der Waals surface area (Å²) in [5.74, 6) is -0.924. The van der Waals surface area contributed by atoms with Gasteiger partial charge in [0.1, 0.15) is 11.6 Å². The number of halogens is 4. The van der Waals surface area contributed by atoms with Crippen molar-refractivity contribution in [2.24, 2.45) is 0 Å². The SMILES string of the molecule is COc1ccc(F)cc1C(C)(C)CC(O)(CN1C(=O)Cc2ccccc21)C(F)(F)F. The first-order valence-corrected chi connectivity index (χ1v) is 9.39. The Morgan fingerprint density at radius 1 is 1.13 bits per heavy atom. The van der Waals surface area contributed by atoms with Gasteiger partial charge in [0.15, 0.2) is 5.60 Å². The first kappa shape index (κ1) is 22.1. The lowest BCUT2D eigenvalue weighted by Crippen LogP contribution is -2.57. The van der Waals surface area contributed by atoms with Crippen LogP contribution in [-0.4, -0.2) is 36.4 Å². The molecule has 0 saturated carbocycles. The van der Waals surface area contributed by atoms with Gasteiger partial charge in [0, 0.05) is 11.3 Å². The number of anilines is 1. The number of aliphatic hydroxyl groups is 1. The van der Waals surface area contributed by atoms with Crippen LogP contribution in [0.15, 0.2) is 42.5 Å². The summed E-state index contributed by atoms with van der Waals surface area (Å²) >= 11 is 0. The first-order valence-electron chi connectivity index (χ1n) is 9.39. The lowest BCUT2D eigenvalue weighted by atomic mass is 9.74. The largest absolute Gasteiger partial charge is 0.496 e. The van der Waals surface area contributed by atoms with E-state index in [2.05, 4.69) is 0 Å². The van der Waals surface area contributed by atoms with Crippen LogP contribution in [0, 0.1) is 5.82 Å². The molecule has 0 fully saturated rings. The third kappa shape index (κ3) is 4.01. The van der Waals surface area contributed by atoms with Crippen LogP contribution in [0.5, 0.6) is 5.75 Å². The van der Waals surface area contributed by atoms with E-state index in [1.807, 2.05) is 0 Å². The van der Waals surface area contributed by atoms with Crippen LogP contribution in [0.4, 0.5) is 23.2 Å². The molecule has 2 aromatic rings. The summed E-state index contributed by atoms with van der Waals surface area (Å²) in [6, 6.07) is 10.1. The van der Waals surface area contributed by atoms with Crippen LogP contribution in [0.1, 0.15) is 31.4 Å². The monoisotopic (exact) mass is 425 g/mol. The average Bonchev–Trinajstić information content (AvgIpc) is 2.95. The number of hydrogen-bond donors (Lipinski definition) is 1. The Balaban J connectivity index is 1.99. The minimum Gasteiger partial charge on any atom is -0.496 e. The standard InChI is InChI=1S/C22H23F4NO3/c1-20(2,16-11-15(23)8-9-18(16)30-3)12-21(29,22(24,25)26)13-27-17-7-5-4-6-14(17)10-19(27)28/h4-9,11,29H,10,12-13H2,1-3H3. The fourth-order valence-corrected chi connectivity index (χ4v) is 4.03. The number of alkyl halides is 3. The van der Waals surface area contributed by atoms with E-state index in [1.54, 1.807) is 24.3 Å². The summed E-state index contributed by atoms with van der Waals surface area (Å²) in [5.41, 5.74) is -3.38. The zero-order valence-electron chi connectivity index (χ0n) is 16.9. The Morgan fingerprint density at radius 3 is 2.43 bits per heavy atom. The van der Waals surface area contributed by atoms with E-state index in [1.165, 1.54) is 27.0 Å². The van der Waals surface area contributed by atoms with E-state index < -0.39 is 41.9 Å². The highest BCUT2D eigenvalue weighted by molar-refractivity contribution is 6.01.